The highest BCUT2D eigenvalue weighted by Gasteiger charge is 2.19. The van der Waals surface area contributed by atoms with Gasteiger partial charge in [-0.05, 0) is 18.4 Å². The van der Waals surface area contributed by atoms with Crippen LogP contribution < -0.4 is 0 Å². The molecule has 1 nitrogen and oxygen atoms in total. The number of carbonyl (C=O) groups excluding carboxylic acids is 1. The summed E-state index contributed by atoms with van der Waals surface area (Å²) in [7, 11) is 0. The third kappa shape index (κ3) is 3.29. The van der Waals surface area contributed by atoms with Gasteiger partial charge in [0.1, 0.15) is 0 Å². The van der Waals surface area contributed by atoms with Gasteiger partial charge in [0.05, 0.1) is 25.7 Å². The Balaban J connectivity index is 3.18. The minimum Gasteiger partial charge on any atom is -0.298 e. The summed E-state index contributed by atoms with van der Waals surface area (Å²) in [5.41, 5.74) is 0.880. The van der Waals surface area contributed by atoms with E-state index in [1.807, 2.05) is 0 Å². The molecule has 0 heterocycles. The van der Waals surface area contributed by atoms with Crippen LogP contribution >= 0.6 is 46.4 Å². The number of unbranched alkanes of at least 4 members (excludes halogenated alkanes) is 2. The lowest BCUT2D eigenvalue weighted by Gasteiger charge is -2.12. The van der Waals surface area contributed by atoms with E-state index >= 15 is 0 Å². The summed E-state index contributed by atoms with van der Waals surface area (Å²) in [6.45, 7) is 2.11. The number of hydrogen-bond donors (Lipinski definition) is 0. The maximum atomic E-state index is 10.8. The second-order valence-corrected chi connectivity index (χ2v) is 5.23. The molecule has 17 heavy (non-hydrogen) atoms. The van der Waals surface area contributed by atoms with Crippen LogP contribution in [0, 0.1) is 0 Å². The van der Waals surface area contributed by atoms with Crippen molar-refractivity contribution in [1.29, 1.82) is 0 Å². The standard InChI is InChI=1S/C12H12Cl4O/c1-2-3-4-5-7-9(13)11(15)8(6-17)12(16)10(7)14/h6H,2-5H2,1H3. The van der Waals surface area contributed by atoms with Crippen molar-refractivity contribution in [3.63, 3.8) is 0 Å². The van der Waals surface area contributed by atoms with E-state index in [-0.39, 0.29) is 15.6 Å². The second kappa shape index (κ2) is 6.84. The average molecular weight is 314 g/mol. The zero-order chi connectivity index (χ0) is 13.0. The van der Waals surface area contributed by atoms with E-state index < -0.39 is 0 Å². The predicted octanol–water partition coefficient (Wildman–Crippen LogP) is 5.85. The molecule has 0 atom stereocenters. The topological polar surface area (TPSA) is 17.1 Å². The van der Waals surface area contributed by atoms with Gasteiger partial charge < -0.3 is 0 Å². The van der Waals surface area contributed by atoms with Crippen molar-refractivity contribution in [1.82, 2.24) is 0 Å². The number of aldehydes is 1. The Morgan fingerprint density at radius 3 is 1.88 bits per heavy atom. The molecule has 0 saturated carbocycles. The largest absolute Gasteiger partial charge is 0.298 e. The van der Waals surface area contributed by atoms with E-state index in [1.165, 1.54) is 0 Å². The zero-order valence-corrected chi connectivity index (χ0v) is 12.3. The first-order valence-electron chi connectivity index (χ1n) is 5.34. The summed E-state index contributed by atoms with van der Waals surface area (Å²) in [4.78, 5) is 10.8. The van der Waals surface area contributed by atoms with Crippen LogP contribution in [0.3, 0.4) is 0 Å². The van der Waals surface area contributed by atoms with E-state index in [0.717, 1.165) is 24.8 Å². The highest BCUT2D eigenvalue weighted by Crippen LogP contribution is 2.41. The number of carbonyl (C=O) groups is 1. The Labute approximate surface area is 121 Å². The van der Waals surface area contributed by atoms with Gasteiger partial charge >= 0.3 is 0 Å². The quantitative estimate of drug-likeness (QED) is 0.379. The lowest BCUT2D eigenvalue weighted by Crippen LogP contribution is -1.96. The Morgan fingerprint density at radius 1 is 0.941 bits per heavy atom. The summed E-state index contributed by atoms with van der Waals surface area (Å²) in [6.07, 6.45) is 4.42. The fourth-order valence-electron chi connectivity index (χ4n) is 1.57. The van der Waals surface area contributed by atoms with Crippen molar-refractivity contribution in [2.24, 2.45) is 0 Å². The number of hydrogen-bond acceptors (Lipinski definition) is 1. The number of benzene rings is 1. The summed E-state index contributed by atoms with van der Waals surface area (Å²) >= 11 is 24.2. The SMILES string of the molecule is CCCCCc1c(Cl)c(Cl)c(C=O)c(Cl)c1Cl. The highest BCUT2D eigenvalue weighted by molar-refractivity contribution is 6.50. The predicted molar refractivity (Wildman–Crippen MR) is 75.1 cm³/mol. The molecule has 0 bridgehead atoms. The van der Waals surface area contributed by atoms with Gasteiger partial charge in [-0.2, -0.15) is 0 Å². The van der Waals surface area contributed by atoms with Crippen molar-refractivity contribution in [3.05, 3.63) is 31.2 Å². The Morgan fingerprint density at radius 2 is 1.47 bits per heavy atom. The molecule has 0 unspecified atom stereocenters. The summed E-state index contributed by atoms with van der Waals surface area (Å²) < 4.78 is 0. The minimum absolute atomic E-state index is 0.155. The van der Waals surface area contributed by atoms with Gasteiger partial charge in [-0.25, -0.2) is 0 Å². The molecule has 5 heteroatoms. The second-order valence-electron chi connectivity index (χ2n) is 3.72. The van der Waals surface area contributed by atoms with Crippen LogP contribution in [-0.2, 0) is 6.42 Å². The molecule has 1 rings (SSSR count). The van der Waals surface area contributed by atoms with E-state index in [0.29, 0.717) is 22.8 Å². The monoisotopic (exact) mass is 312 g/mol. The average Bonchev–Trinajstić information content (AvgIpc) is 2.32. The Kier molecular flexibility index (Phi) is 6.08. The number of halogens is 4. The third-order valence-corrected chi connectivity index (χ3v) is 4.35. The van der Waals surface area contributed by atoms with Crippen molar-refractivity contribution in [3.8, 4) is 0 Å². The molecule has 94 valence electrons. The van der Waals surface area contributed by atoms with E-state index in [4.69, 9.17) is 46.4 Å². The highest BCUT2D eigenvalue weighted by atomic mass is 35.5. The van der Waals surface area contributed by atoms with Gasteiger partial charge in [0.25, 0.3) is 0 Å². The molecule has 0 aliphatic rings. The summed E-state index contributed by atoms with van der Waals surface area (Å²) in [6, 6.07) is 0. The molecule has 1 aromatic carbocycles. The summed E-state index contributed by atoms with van der Waals surface area (Å²) in [5.74, 6) is 0. The molecular formula is C12H12Cl4O. The van der Waals surface area contributed by atoms with Crippen LogP contribution in [0.2, 0.25) is 20.1 Å². The van der Waals surface area contributed by atoms with Crippen LogP contribution in [0.15, 0.2) is 0 Å². The van der Waals surface area contributed by atoms with E-state index in [1.54, 1.807) is 0 Å². The van der Waals surface area contributed by atoms with Gasteiger partial charge in [0, 0.05) is 0 Å². The maximum absolute atomic E-state index is 10.8. The van der Waals surface area contributed by atoms with Gasteiger partial charge in [-0.15, -0.1) is 0 Å². The van der Waals surface area contributed by atoms with Crippen molar-refractivity contribution in [2.45, 2.75) is 32.6 Å². The van der Waals surface area contributed by atoms with E-state index in [2.05, 4.69) is 6.92 Å². The van der Waals surface area contributed by atoms with Gasteiger partial charge in [-0.1, -0.05) is 66.2 Å². The molecule has 0 spiro atoms. The maximum Gasteiger partial charge on any atom is 0.153 e. The molecular weight excluding hydrogens is 302 g/mol. The van der Waals surface area contributed by atoms with Crippen LogP contribution in [-0.4, -0.2) is 6.29 Å². The van der Waals surface area contributed by atoms with E-state index in [9.17, 15) is 4.79 Å². The van der Waals surface area contributed by atoms with Crippen molar-refractivity contribution >= 4 is 52.7 Å². The molecule has 0 aliphatic carbocycles. The zero-order valence-electron chi connectivity index (χ0n) is 9.33. The summed E-state index contributed by atoms with van der Waals surface area (Å²) in [5, 5.41) is 1.03. The molecule has 0 aliphatic heterocycles. The molecule has 0 fully saturated rings. The molecule has 1 aromatic rings. The van der Waals surface area contributed by atoms with Crippen molar-refractivity contribution < 1.29 is 4.79 Å². The van der Waals surface area contributed by atoms with Crippen LogP contribution in [0.4, 0.5) is 0 Å². The van der Waals surface area contributed by atoms with Crippen LogP contribution in [0.1, 0.15) is 42.1 Å². The molecule has 0 amide bonds. The molecule has 0 N–H and O–H groups in total. The van der Waals surface area contributed by atoms with Crippen LogP contribution in [0.25, 0.3) is 0 Å². The normalized spacial score (nSPS) is 10.6. The fourth-order valence-corrected chi connectivity index (χ4v) is 2.75. The Hall–Kier alpha value is 0.0500. The first kappa shape index (κ1) is 15.1. The molecule has 0 aromatic heterocycles. The van der Waals surface area contributed by atoms with Gasteiger partial charge in [0.15, 0.2) is 6.29 Å². The fraction of sp³-hybridized carbons (Fsp3) is 0.417. The first-order valence-corrected chi connectivity index (χ1v) is 6.85. The van der Waals surface area contributed by atoms with Gasteiger partial charge in [-0.3, -0.25) is 4.79 Å². The van der Waals surface area contributed by atoms with Gasteiger partial charge in [0.2, 0.25) is 0 Å². The van der Waals surface area contributed by atoms with Crippen molar-refractivity contribution in [2.75, 3.05) is 0 Å². The Bertz CT molecular complexity index is 400. The molecule has 0 saturated heterocycles. The third-order valence-electron chi connectivity index (χ3n) is 2.54. The van der Waals surface area contributed by atoms with Crippen LogP contribution in [0.5, 0.6) is 0 Å². The first-order chi connectivity index (χ1) is 8.04. The minimum atomic E-state index is 0.155. The number of rotatable bonds is 5. The lowest BCUT2D eigenvalue weighted by molar-refractivity contribution is 0.112. The molecule has 0 radical (unpaired) electrons. The lowest BCUT2D eigenvalue weighted by atomic mass is 10.0. The smallest absolute Gasteiger partial charge is 0.153 e.